The number of amides is 2. The van der Waals surface area contributed by atoms with Gasteiger partial charge in [0.1, 0.15) is 0 Å². The van der Waals surface area contributed by atoms with E-state index in [4.69, 9.17) is 0 Å². The molecule has 1 aromatic heterocycles. The molecule has 0 saturated heterocycles. The third-order valence-electron chi connectivity index (χ3n) is 3.05. The number of rotatable bonds is 4. The van der Waals surface area contributed by atoms with Crippen molar-refractivity contribution in [1.82, 2.24) is 10.2 Å². The quantitative estimate of drug-likeness (QED) is 0.613. The summed E-state index contributed by atoms with van der Waals surface area (Å²) in [6.07, 6.45) is 0. The molecular formula is C17H14BrN5O. The molecule has 3 aromatic rings. The lowest BCUT2D eigenvalue weighted by Crippen LogP contribution is -2.20. The SMILES string of the molecule is O=C(Nc1ccccc1)Nc1ccc(Nc2ccc(Br)cc2)nn1. The van der Waals surface area contributed by atoms with Crippen molar-refractivity contribution in [1.29, 1.82) is 0 Å². The molecule has 24 heavy (non-hydrogen) atoms. The minimum Gasteiger partial charge on any atom is -0.339 e. The molecule has 1 heterocycles. The molecule has 3 N–H and O–H groups in total. The molecule has 2 aromatic carbocycles. The van der Waals surface area contributed by atoms with Gasteiger partial charge in [-0.05, 0) is 48.5 Å². The van der Waals surface area contributed by atoms with E-state index >= 15 is 0 Å². The molecular weight excluding hydrogens is 370 g/mol. The first-order valence-electron chi connectivity index (χ1n) is 7.18. The van der Waals surface area contributed by atoms with Crippen LogP contribution in [0.3, 0.4) is 0 Å². The van der Waals surface area contributed by atoms with E-state index in [-0.39, 0.29) is 6.03 Å². The first kappa shape index (κ1) is 15.9. The average Bonchev–Trinajstić information content (AvgIpc) is 2.59. The summed E-state index contributed by atoms with van der Waals surface area (Å²) in [5.41, 5.74) is 1.60. The molecule has 0 aliphatic rings. The first-order valence-corrected chi connectivity index (χ1v) is 7.98. The fourth-order valence-corrected chi connectivity index (χ4v) is 2.21. The van der Waals surface area contributed by atoms with Gasteiger partial charge in [0.05, 0.1) is 0 Å². The van der Waals surface area contributed by atoms with Gasteiger partial charge in [-0.15, -0.1) is 10.2 Å². The number of para-hydroxylation sites is 1. The number of urea groups is 1. The molecule has 2 amide bonds. The highest BCUT2D eigenvalue weighted by atomic mass is 79.9. The average molecular weight is 384 g/mol. The standard InChI is InChI=1S/C17H14BrN5O/c18-12-6-8-14(9-7-12)19-15-10-11-16(23-22-15)21-17(24)20-13-4-2-1-3-5-13/h1-11H,(H,19,22)(H2,20,21,23,24). The van der Waals surface area contributed by atoms with Crippen molar-refractivity contribution in [3.8, 4) is 0 Å². The predicted octanol–water partition coefficient (Wildman–Crippen LogP) is 4.63. The van der Waals surface area contributed by atoms with Crippen LogP contribution in [0.15, 0.2) is 71.2 Å². The number of nitrogens with zero attached hydrogens (tertiary/aromatic N) is 2. The molecule has 3 rings (SSSR count). The molecule has 120 valence electrons. The number of hydrogen-bond acceptors (Lipinski definition) is 4. The molecule has 0 unspecified atom stereocenters. The van der Waals surface area contributed by atoms with Crippen LogP contribution in [0.25, 0.3) is 0 Å². The predicted molar refractivity (Wildman–Crippen MR) is 98.5 cm³/mol. The molecule has 6 nitrogen and oxygen atoms in total. The molecule has 0 aliphatic heterocycles. The maximum atomic E-state index is 11.9. The zero-order valence-corrected chi connectivity index (χ0v) is 14.1. The van der Waals surface area contributed by atoms with E-state index < -0.39 is 0 Å². The lowest BCUT2D eigenvalue weighted by molar-refractivity contribution is 0.262. The lowest BCUT2D eigenvalue weighted by atomic mass is 10.3. The summed E-state index contributed by atoms with van der Waals surface area (Å²) in [4.78, 5) is 11.9. The Labute approximate surface area is 147 Å². The van der Waals surface area contributed by atoms with Crippen LogP contribution in [0.4, 0.5) is 27.8 Å². The molecule has 0 fully saturated rings. The summed E-state index contributed by atoms with van der Waals surface area (Å²) in [7, 11) is 0. The molecule has 0 atom stereocenters. The molecule has 7 heteroatoms. The van der Waals surface area contributed by atoms with Crippen molar-refractivity contribution in [2.45, 2.75) is 0 Å². The fourth-order valence-electron chi connectivity index (χ4n) is 1.95. The van der Waals surface area contributed by atoms with Gasteiger partial charge in [-0.3, -0.25) is 5.32 Å². The number of hydrogen-bond donors (Lipinski definition) is 3. The van der Waals surface area contributed by atoms with Crippen LogP contribution < -0.4 is 16.0 Å². The Morgan fingerprint density at radius 1 is 0.750 bits per heavy atom. The highest BCUT2D eigenvalue weighted by Gasteiger charge is 2.04. The van der Waals surface area contributed by atoms with E-state index in [0.29, 0.717) is 17.3 Å². The van der Waals surface area contributed by atoms with Crippen molar-refractivity contribution in [3.63, 3.8) is 0 Å². The summed E-state index contributed by atoms with van der Waals surface area (Å²) < 4.78 is 1.00. The van der Waals surface area contributed by atoms with Gasteiger partial charge >= 0.3 is 6.03 Å². The highest BCUT2D eigenvalue weighted by Crippen LogP contribution is 2.18. The van der Waals surface area contributed by atoms with Crippen LogP contribution in [0.1, 0.15) is 0 Å². The summed E-state index contributed by atoms with van der Waals surface area (Å²) in [5.74, 6) is 0.955. The minimum absolute atomic E-state index is 0.366. The topological polar surface area (TPSA) is 78.9 Å². The third kappa shape index (κ3) is 4.53. The number of nitrogens with one attached hydrogen (secondary N) is 3. The number of carbonyl (C=O) groups excluding carboxylic acids is 1. The second kappa shape index (κ2) is 7.56. The van der Waals surface area contributed by atoms with Crippen LogP contribution in [0, 0.1) is 0 Å². The number of halogens is 1. The first-order chi connectivity index (χ1) is 11.7. The molecule has 0 spiro atoms. The Hall–Kier alpha value is -2.93. The number of anilines is 4. The van der Waals surface area contributed by atoms with Gasteiger partial charge < -0.3 is 10.6 Å². The number of benzene rings is 2. The van der Waals surface area contributed by atoms with Crippen molar-refractivity contribution in [3.05, 3.63) is 71.2 Å². The van der Waals surface area contributed by atoms with E-state index in [1.54, 1.807) is 24.3 Å². The second-order valence-corrected chi connectivity index (χ2v) is 5.80. The van der Waals surface area contributed by atoms with Gasteiger partial charge in [0, 0.05) is 15.8 Å². The molecule has 0 radical (unpaired) electrons. The number of aromatic nitrogens is 2. The van der Waals surface area contributed by atoms with E-state index in [1.807, 2.05) is 42.5 Å². The largest absolute Gasteiger partial charge is 0.339 e. The van der Waals surface area contributed by atoms with E-state index in [9.17, 15) is 4.79 Å². The third-order valence-corrected chi connectivity index (χ3v) is 3.58. The highest BCUT2D eigenvalue weighted by molar-refractivity contribution is 9.10. The smallest absolute Gasteiger partial charge is 0.324 e. The van der Waals surface area contributed by atoms with Crippen molar-refractivity contribution in [2.24, 2.45) is 0 Å². The minimum atomic E-state index is -0.371. The van der Waals surface area contributed by atoms with Gasteiger partial charge in [0.25, 0.3) is 0 Å². The Morgan fingerprint density at radius 3 is 2.08 bits per heavy atom. The summed E-state index contributed by atoms with van der Waals surface area (Å²) in [6.45, 7) is 0. The number of carbonyl (C=O) groups is 1. The van der Waals surface area contributed by atoms with Gasteiger partial charge in [0.2, 0.25) is 0 Å². The van der Waals surface area contributed by atoms with E-state index in [1.165, 1.54) is 0 Å². The normalized spacial score (nSPS) is 10.0. The Bertz CT molecular complexity index is 807. The van der Waals surface area contributed by atoms with Crippen molar-refractivity contribution in [2.75, 3.05) is 16.0 Å². The maximum absolute atomic E-state index is 11.9. The Balaban J connectivity index is 1.58. The fraction of sp³-hybridized carbons (Fsp3) is 0. The van der Waals surface area contributed by atoms with Gasteiger partial charge in [-0.1, -0.05) is 34.1 Å². The molecule has 0 bridgehead atoms. The van der Waals surface area contributed by atoms with Crippen LogP contribution in [0.2, 0.25) is 0 Å². The van der Waals surface area contributed by atoms with Crippen LogP contribution >= 0.6 is 15.9 Å². The maximum Gasteiger partial charge on any atom is 0.324 e. The molecule has 0 saturated carbocycles. The lowest BCUT2D eigenvalue weighted by Gasteiger charge is -2.08. The van der Waals surface area contributed by atoms with Crippen molar-refractivity contribution >= 4 is 45.0 Å². The van der Waals surface area contributed by atoms with Gasteiger partial charge in [0.15, 0.2) is 11.6 Å². The monoisotopic (exact) mass is 383 g/mol. The van der Waals surface area contributed by atoms with Crippen LogP contribution in [0.5, 0.6) is 0 Å². The zero-order valence-electron chi connectivity index (χ0n) is 12.5. The molecule has 0 aliphatic carbocycles. The van der Waals surface area contributed by atoms with Gasteiger partial charge in [-0.25, -0.2) is 4.79 Å². The van der Waals surface area contributed by atoms with Gasteiger partial charge in [-0.2, -0.15) is 0 Å². The Kier molecular flexibility index (Phi) is 5.02. The summed E-state index contributed by atoms with van der Waals surface area (Å²) in [6, 6.07) is 19.9. The zero-order chi connectivity index (χ0) is 16.8. The van der Waals surface area contributed by atoms with Crippen LogP contribution in [-0.4, -0.2) is 16.2 Å². The van der Waals surface area contributed by atoms with Crippen molar-refractivity contribution < 1.29 is 4.79 Å². The Morgan fingerprint density at radius 2 is 1.42 bits per heavy atom. The summed E-state index contributed by atoms with van der Waals surface area (Å²) >= 11 is 3.39. The van der Waals surface area contributed by atoms with E-state index in [2.05, 4.69) is 42.1 Å². The van der Waals surface area contributed by atoms with E-state index in [0.717, 1.165) is 10.2 Å². The second-order valence-electron chi connectivity index (χ2n) is 4.88. The van der Waals surface area contributed by atoms with Crippen LogP contribution in [-0.2, 0) is 0 Å². The summed E-state index contributed by atoms with van der Waals surface area (Å²) in [5, 5.41) is 16.5.